The molecule has 350 valence electrons. The summed E-state index contributed by atoms with van der Waals surface area (Å²) in [6.07, 6.45) is 3.41. The van der Waals surface area contributed by atoms with Crippen LogP contribution < -0.4 is 10.6 Å². The van der Waals surface area contributed by atoms with Gasteiger partial charge in [0.2, 0.25) is 23.6 Å². The van der Waals surface area contributed by atoms with Crippen LogP contribution in [0.15, 0.2) is 41.9 Å². The topological polar surface area (TPSA) is 146 Å². The van der Waals surface area contributed by atoms with E-state index in [0.717, 1.165) is 30.0 Å². The molecule has 4 amide bonds. The summed E-state index contributed by atoms with van der Waals surface area (Å²) in [4.78, 5) is 69.0. The summed E-state index contributed by atoms with van der Waals surface area (Å²) in [5.74, 6) is -1.52. The highest BCUT2D eigenvalue weighted by Gasteiger charge is 2.43. The van der Waals surface area contributed by atoms with E-state index >= 15 is 0 Å². The zero-order chi connectivity index (χ0) is 46.1. The van der Waals surface area contributed by atoms with Crippen LogP contribution in [0.2, 0.25) is 0 Å². The second kappa shape index (κ2) is 26.3. The number of hydrogen-bond acceptors (Lipinski definition) is 11. The van der Waals surface area contributed by atoms with E-state index in [2.05, 4.69) is 34.4 Å². The van der Waals surface area contributed by atoms with E-state index in [0.29, 0.717) is 39.1 Å². The maximum atomic E-state index is 14.5. The SMILES string of the molecule is CC[C@H](C)[C@@H]([C@@H](CC(=O)N1CCC[C@H]1[C@H](OC)[C@@H](C)C(=O)N[C@@H](Cc1ccccc1)c1nccs1)OC)N(C)C(=O)[C@@H](NC(=O)[C@H](C(C)C)N(C)CCOCCN(C)C)C(C)C. The van der Waals surface area contributed by atoms with Gasteiger partial charge >= 0.3 is 0 Å². The number of hydrogen-bond donors (Lipinski definition) is 2. The summed E-state index contributed by atoms with van der Waals surface area (Å²) in [7, 11) is 10.9. The molecule has 1 saturated heterocycles. The molecule has 1 aromatic carbocycles. The Hall–Kier alpha value is -3.47. The normalized spacial score (nSPS) is 18.3. The minimum Gasteiger partial charge on any atom is -0.379 e. The number of ether oxygens (including phenoxy) is 3. The van der Waals surface area contributed by atoms with Gasteiger partial charge in [-0.3, -0.25) is 24.1 Å². The maximum Gasteiger partial charge on any atom is 0.245 e. The van der Waals surface area contributed by atoms with E-state index in [1.54, 1.807) is 32.4 Å². The summed E-state index contributed by atoms with van der Waals surface area (Å²) in [5.41, 5.74) is 1.09. The molecule has 2 aromatic rings. The van der Waals surface area contributed by atoms with Crippen LogP contribution in [0.5, 0.6) is 0 Å². The third-order valence-corrected chi connectivity index (χ3v) is 13.4. The van der Waals surface area contributed by atoms with Gasteiger partial charge in [0.1, 0.15) is 11.0 Å². The predicted molar refractivity (Wildman–Crippen MR) is 247 cm³/mol. The maximum absolute atomic E-state index is 14.5. The summed E-state index contributed by atoms with van der Waals surface area (Å²) in [5, 5.41) is 9.10. The number of aromatic nitrogens is 1. The molecule has 1 fully saturated rings. The molecule has 1 aromatic heterocycles. The molecule has 0 saturated carbocycles. The number of methoxy groups -OCH3 is 2. The third-order valence-electron chi connectivity index (χ3n) is 12.5. The lowest BCUT2D eigenvalue weighted by molar-refractivity contribution is -0.148. The van der Waals surface area contributed by atoms with Crippen LogP contribution in [0.25, 0.3) is 0 Å². The first kappa shape index (κ1) is 52.9. The van der Waals surface area contributed by atoms with Gasteiger partial charge in [0, 0.05) is 52.5 Å². The predicted octanol–water partition coefficient (Wildman–Crippen LogP) is 5.14. The van der Waals surface area contributed by atoms with Gasteiger partial charge in [-0.1, -0.05) is 85.2 Å². The minimum absolute atomic E-state index is 0.0104. The Morgan fingerprint density at radius 1 is 0.903 bits per heavy atom. The van der Waals surface area contributed by atoms with E-state index < -0.39 is 36.3 Å². The first-order valence-corrected chi connectivity index (χ1v) is 23.4. The second-order valence-corrected chi connectivity index (χ2v) is 19.0. The molecular weight excluding hydrogens is 807 g/mol. The molecule has 14 nitrogen and oxygen atoms in total. The number of nitrogens with one attached hydrogen (secondary N) is 2. The fourth-order valence-electron chi connectivity index (χ4n) is 8.75. The number of nitrogens with zero attached hydrogens (tertiary/aromatic N) is 5. The quantitative estimate of drug-likeness (QED) is 0.116. The van der Waals surface area contributed by atoms with Crippen LogP contribution in [-0.2, 0) is 39.8 Å². The smallest absolute Gasteiger partial charge is 0.245 e. The summed E-state index contributed by atoms with van der Waals surface area (Å²) in [6.45, 7) is 16.9. The van der Waals surface area contributed by atoms with Gasteiger partial charge in [-0.25, -0.2) is 4.98 Å². The van der Waals surface area contributed by atoms with E-state index in [1.807, 2.05) is 101 Å². The van der Waals surface area contributed by atoms with E-state index in [4.69, 9.17) is 14.2 Å². The lowest BCUT2D eigenvalue weighted by Gasteiger charge is -2.41. The molecule has 0 bridgehead atoms. The van der Waals surface area contributed by atoms with Gasteiger partial charge in [0.05, 0.1) is 61.9 Å². The van der Waals surface area contributed by atoms with Gasteiger partial charge in [0.25, 0.3) is 0 Å². The molecule has 2 N–H and O–H groups in total. The monoisotopic (exact) mass is 886 g/mol. The average molecular weight is 886 g/mol. The zero-order valence-electron chi connectivity index (χ0n) is 40.0. The molecule has 3 rings (SSSR count). The number of likely N-dealkylation sites (tertiary alicyclic amines) is 1. The molecule has 15 heteroatoms. The number of carbonyl (C=O) groups is 4. The largest absolute Gasteiger partial charge is 0.379 e. The Morgan fingerprint density at radius 2 is 1.58 bits per heavy atom. The van der Waals surface area contributed by atoms with Crippen molar-refractivity contribution in [2.75, 3.05) is 75.3 Å². The summed E-state index contributed by atoms with van der Waals surface area (Å²) < 4.78 is 18.0. The highest BCUT2D eigenvalue weighted by atomic mass is 32.1. The lowest BCUT2D eigenvalue weighted by Crippen LogP contribution is -2.60. The van der Waals surface area contributed by atoms with Gasteiger partial charge in [0.15, 0.2) is 0 Å². The van der Waals surface area contributed by atoms with Crippen molar-refractivity contribution >= 4 is 35.0 Å². The Balaban J connectivity index is 1.76. The highest BCUT2D eigenvalue weighted by Crippen LogP contribution is 2.30. The lowest BCUT2D eigenvalue weighted by atomic mass is 9.89. The van der Waals surface area contributed by atoms with Crippen molar-refractivity contribution in [3.05, 3.63) is 52.5 Å². The Morgan fingerprint density at radius 3 is 2.15 bits per heavy atom. The van der Waals surface area contributed by atoms with Crippen molar-refractivity contribution in [1.82, 2.24) is 35.2 Å². The van der Waals surface area contributed by atoms with Crippen molar-refractivity contribution in [2.45, 2.75) is 123 Å². The van der Waals surface area contributed by atoms with Crippen LogP contribution in [0.4, 0.5) is 0 Å². The Labute approximate surface area is 376 Å². The van der Waals surface area contributed by atoms with Gasteiger partial charge in [-0.15, -0.1) is 11.3 Å². The van der Waals surface area contributed by atoms with Crippen molar-refractivity contribution in [2.24, 2.45) is 23.7 Å². The number of likely N-dealkylation sites (N-methyl/N-ethyl adjacent to an activating group) is 3. The molecule has 0 aliphatic carbocycles. The van der Waals surface area contributed by atoms with Gasteiger partial charge in [-0.2, -0.15) is 0 Å². The van der Waals surface area contributed by atoms with E-state index in [-0.39, 0.29) is 59.9 Å². The van der Waals surface area contributed by atoms with Crippen LogP contribution in [-0.4, -0.2) is 160 Å². The molecule has 0 radical (unpaired) electrons. The van der Waals surface area contributed by atoms with Crippen molar-refractivity contribution in [3.8, 4) is 0 Å². The number of carbonyl (C=O) groups excluding carboxylic acids is 4. The van der Waals surface area contributed by atoms with E-state index in [1.165, 1.54) is 11.3 Å². The number of amides is 4. The van der Waals surface area contributed by atoms with Crippen LogP contribution in [0.3, 0.4) is 0 Å². The highest BCUT2D eigenvalue weighted by molar-refractivity contribution is 7.09. The molecule has 1 aliphatic rings. The van der Waals surface area contributed by atoms with Crippen LogP contribution >= 0.6 is 11.3 Å². The molecule has 0 spiro atoms. The standard InChI is InChI=1S/C47H79N7O7S/c1-14-33(6)42(53(11)47(58)40(31(2)3)50-45(57)41(32(4)5)52(10)25-27-61-26-24-51(8)9)38(59-12)30-39(55)54-23-18-21-37(54)43(60-13)34(7)44(56)49-36(46-48-22-28-62-46)29-35-19-16-15-17-20-35/h15-17,19-20,22,28,31-34,36-38,40-43H,14,18,21,23-27,29-30H2,1-13H3,(H,49,56)(H,50,57)/t33-,34+,36-,37-,38+,40-,41-,42-,43+/m0/s1. The first-order valence-electron chi connectivity index (χ1n) is 22.6. The summed E-state index contributed by atoms with van der Waals surface area (Å²) >= 11 is 1.51. The number of benzene rings is 1. The van der Waals surface area contributed by atoms with Crippen LogP contribution in [0, 0.1) is 23.7 Å². The zero-order valence-corrected chi connectivity index (χ0v) is 40.8. The number of rotatable bonds is 27. The fourth-order valence-corrected chi connectivity index (χ4v) is 9.44. The summed E-state index contributed by atoms with van der Waals surface area (Å²) in [6, 6.07) is 7.67. The molecule has 1 aliphatic heterocycles. The first-order chi connectivity index (χ1) is 29.5. The fraction of sp³-hybridized carbons (Fsp3) is 0.723. The average Bonchev–Trinajstić information content (AvgIpc) is 3.96. The molecule has 62 heavy (non-hydrogen) atoms. The Bertz CT molecular complexity index is 1630. The van der Waals surface area contributed by atoms with Gasteiger partial charge in [-0.05, 0) is 63.7 Å². The van der Waals surface area contributed by atoms with Crippen molar-refractivity contribution < 1.29 is 33.4 Å². The molecule has 2 heterocycles. The minimum atomic E-state index is -0.792. The van der Waals surface area contributed by atoms with E-state index in [9.17, 15) is 19.2 Å². The third kappa shape index (κ3) is 15.1. The molecular formula is C47H79N7O7S. The second-order valence-electron chi connectivity index (χ2n) is 18.0. The Kier molecular flexibility index (Phi) is 22.5. The van der Waals surface area contributed by atoms with Crippen LogP contribution in [0.1, 0.15) is 90.8 Å². The number of thiazole rings is 1. The molecule has 0 unspecified atom stereocenters. The van der Waals surface area contributed by atoms with Crippen molar-refractivity contribution in [3.63, 3.8) is 0 Å². The van der Waals surface area contributed by atoms with Gasteiger partial charge < -0.3 is 39.5 Å². The van der Waals surface area contributed by atoms with Crippen molar-refractivity contribution in [1.29, 1.82) is 0 Å². The molecule has 9 atom stereocenters.